The summed E-state index contributed by atoms with van der Waals surface area (Å²) >= 11 is 5.75. The Hall–Kier alpha value is -1.16. The number of ether oxygens (including phenoxy) is 1. The second kappa shape index (κ2) is 6.43. The van der Waals surface area contributed by atoms with Crippen LogP contribution in [0.1, 0.15) is 42.1 Å². The lowest BCUT2D eigenvalue weighted by atomic mass is 10.2. The van der Waals surface area contributed by atoms with Crippen LogP contribution in [0.5, 0.6) is 0 Å². The quantitative estimate of drug-likeness (QED) is 0.588. The van der Waals surface area contributed by atoms with Crippen molar-refractivity contribution in [3.05, 3.63) is 23.3 Å². The Labute approximate surface area is 100 Å². The molecule has 1 heterocycles. The second-order valence-corrected chi connectivity index (χ2v) is 3.52. The Morgan fingerprint density at radius 2 is 2.25 bits per heavy atom. The molecule has 16 heavy (non-hydrogen) atoms. The molecule has 0 bridgehead atoms. The summed E-state index contributed by atoms with van der Waals surface area (Å²) in [5.74, 6) is 0.486. The molecule has 0 aliphatic carbocycles. The molecular formula is C11H15ClN2O2. The van der Waals surface area contributed by atoms with E-state index in [1.807, 2.05) is 6.92 Å². The van der Waals surface area contributed by atoms with E-state index in [1.54, 1.807) is 6.92 Å². The van der Waals surface area contributed by atoms with Gasteiger partial charge in [-0.15, -0.1) is 11.6 Å². The molecule has 1 rings (SSSR count). The number of carbonyl (C=O) groups is 1. The van der Waals surface area contributed by atoms with E-state index in [0.29, 0.717) is 23.7 Å². The highest BCUT2D eigenvalue weighted by molar-refractivity contribution is 6.17. The molecule has 0 aromatic carbocycles. The van der Waals surface area contributed by atoms with Gasteiger partial charge in [-0.25, -0.2) is 14.8 Å². The first kappa shape index (κ1) is 12.9. The van der Waals surface area contributed by atoms with E-state index in [1.165, 1.54) is 6.20 Å². The molecule has 0 saturated carbocycles. The van der Waals surface area contributed by atoms with Gasteiger partial charge in [0.15, 0.2) is 0 Å². The minimum absolute atomic E-state index is 0.188. The molecule has 0 atom stereocenters. The summed E-state index contributed by atoms with van der Waals surface area (Å²) in [6.45, 7) is 4.13. The standard InChI is InChI=1S/C11H15ClN2O2/c1-3-5-10-13-7-8(9(6-12)14-10)11(15)16-4-2/h7H,3-6H2,1-2H3. The molecule has 4 nitrogen and oxygen atoms in total. The van der Waals surface area contributed by atoms with Crippen LogP contribution in [0.3, 0.4) is 0 Å². The molecule has 0 aliphatic heterocycles. The molecule has 5 heteroatoms. The maximum atomic E-state index is 11.5. The molecule has 1 aromatic rings. The fourth-order valence-corrected chi connectivity index (χ4v) is 1.49. The number of hydrogen-bond acceptors (Lipinski definition) is 4. The van der Waals surface area contributed by atoms with Gasteiger partial charge in [-0.2, -0.15) is 0 Å². The molecule has 0 N–H and O–H groups in total. The van der Waals surface area contributed by atoms with Crippen LogP contribution in [0.15, 0.2) is 6.20 Å². The Morgan fingerprint density at radius 3 is 2.81 bits per heavy atom. The van der Waals surface area contributed by atoms with E-state index in [4.69, 9.17) is 16.3 Å². The van der Waals surface area contributed by atoms with Gasteiger partial charge in [0.25, 0.3) is 0 Å². The largest absolute Gasteiger partial charge is 0.462 e. The van der Waals surface area contributed by atoms with E-state index in [-0.39, 0.29) is 5.88 Å². The molecule has 1 aromatic heterocycles. The number of aromatic nitrogens is 2. The Balaban J connectivity index is 2.96. The molecule has 88 valence electrons. The van der Waals surface area contributed by atoms with Gasteiger partial charge in [-0.1, -0.05) is 6.92 Å². The predicted molar refractivity (Wildman–Crippen MR) is 61.5 cm³/mol. The van der Waals surface area contributed by atoms with Crippen LogP contribution in [0, 0.1) is 0 Å². The lowest BCUT2D eigenvalue weighted by Crippen LogP contribution is -2.11. The van der Waals surface area contributed by atoms with Crippen LogP contribution >= 0.6 is 11.6 Å². The van der Waals surface area contributed by atoms with Crippen LogP contribution < -0.4 is 0 Å². The van der Waals surface area contributed by atoms with Gasteiger partial charge in [0.05, 0.1) is 18.2 Å². The van der Waals surface area contributed by atoms with Crippen LogP contribution in [0.25, 0.3) is 0 Å². The van der Waals surface area contributed by atoms with Gasteiger partial charge >= 0.3 is 5.97 Å². The SMILES string of the molecule is CCCc1ncc(C(=O)OCC)c(CCl)n1. The number of nitrogens with zero attached hydrogens (tertiary/aromatic N) is 2. The number of aryl methyl sites for hydroxylation is 1. The van der Waals surface area contributed by atoms with E-state index in [9.17, 15) is 4.79 Å². The molecule has 0 unspecified atom stereocenters. The molecule has 0 spiro atoms. The fraction of sp³-hybridized carbons (Fsp3) is 0.545. The van der Waals surface area contributed by atoms with E-state index >= 15 is 0 Å². The van der Waals surface area contributed by atoms with Crippen molar-refractivity contribution >= 4 is 17.6 Å². The summed E-state index contributed by atoms with van der Waals surface area (Å²) in [7, 11) is 0. The third kappa shape index (κ3) is 3.17. The fourth-order valence-electron chi connectivity index (χ4n) is 1.28. The maximum absolute atomic E-state index is 11.5. The van der Waals surface area contributed by atoms with Gasteiger partial charge in [0.1, 0.15) is 11.4 Å². The topological polar surface area (TPSA) is 52.1 Å². The lowest BCUT2D eigenvalue weighted by molar-refractivity contribution is 0.0524. The number of rotatable bonds is 5. The first-order valence-electron chi connectivity index (χ1n) is 5.30. The average molecular weight is 243 g/mol. The number of carbonyl (C=O) groups excluding carboxylic acids is 1. The van der Waals surface area contributed by atoms with Gasteiger partial charge in [0, 0.05) is 12.6 Å². The summed E-state index contributed by atoms with van der Waals surface area (Å²) < 4.78 is 4.89. The van der Waals surface area contributed by atoms with Gasteiger partial charge in [-0.05, 0) is 13.3 Å². The minimum atomic E-state index is -0.416. The van der Waals surface area contributed by atoms with Crippen molar-refractivity contribution < 1.29 is 9.53 Å². The Morgan fingerprint density at radius 1 is 1.50 bits per heavy atom. The van der Waals surface area contributed by atoms with Crippen LogP contribution in [-0.4, -0.2) is 22.5 Å². The van der Waals surface area contributed by atoms with Crippen LogP contribution in [0.2, 0.25) is 0 Å². The summed E-state index contributed by atoms with van der Waals surface area (Å²) in [5.41, 5.74) is 0.898. The van der Waals surface area contributed by atoms with Gasteiger partial charge in [-0.3, -0.25) is 0 Å². The zero-order valence-corrected chi connectivity index (χ0v) is 10.3. The van der Waals surface area contributed by atoms with Crippen molar-refractivity contribution in [1.29, 1.82) is 0 Å². The highest BCUT2D eigenvalue weighted by Gasteiger charge is 2.14. The molecular weight excluding hydrogens is 228 g/mol. The average Bonchev–Trinajstić information content (AvgIpc) is 2.29. The first-order chi connectivity index (χ1) is 7.72. The number of halogens is 1. The van der Waals surface area contributed by atoms with Crippen molar-refractivity contribution in [2.75, 3.05) is 6.61 Å². The second-order valence-electron chi connectivity index (χ2n) is 3.25. The Bertz CT molecular complexity index is 369. The van der Waals surface area contributed by atoms with E-state index in [2.05, 4.69) is 9.97 Å². The smallest absolute Gasteiger partial charge is 0.341 e. The molecule has 0 radical (unpaired) electrons. The van der Waals surface area contributed by atoms with E-state index in [0.717, 1.165) is 12.8 Å². The molecule has 0 fully saturated rings. The highest BCUT2D eigenvalue weighted by atomic mass is 35.5. The zero-order valence-electron chi connectivity index (χ0n) is 9.49. The van der Waals surface area contributed by atoms with Crippen molar-refractivity contribution in [3.8, 4) is 0 Å². The van der Waals surface area contributed by atoms with Crippen molar-refractivity contribution in [1.82, 2.24) is 9.97 Å². The summed E-state index contributed by atoms with van der Waals surface area (Å²) in [5, 5.41) is 0. The first-order valence-corrected chi connectivity index (χ1v) is 5.84. The van der Waals surface area contributed by atoms with Crippen LogP contribution in [-0.2, 0) is 17.0 Å². The number of esters is 1. The monoisotopic (exact) mass is 242 g/mol. The van der Waals surface area contributed by atoms with Crippen molar-refractivity contribution in [3.63, 3.8) is 0 Å². The number of hydrogen-bond donors (Lipinski definition) is 0. The molecule has 0 saturated heterocycles. The van der Waals surface area contributed by atoms with Gasteiger partial charge < -0.3 is 4.74 Å². The van der Waals surface area contributed by atoms with Crippen molar-refractivity contribution in [2.45, 2.75) is 32.6 Å². The maximum Gasteiger partial charge on any atom is 0.341 e. The summed E-state index contributed by atoms with van der Waals surface area (Å²) in [4.78, 5) is 19.9. The third-order valence-electron chi connectivity index (χ3n) is 2.01. The molecule has 0 amide bonds. The Kier molecular flexibility index (Phi) is 5.19. The summed E-state index contributed by atoms with van der Waals surface area (Å²) in [6.07, 6.45) is 3.24. The van der Waals surface area contributed by atoms with E-state index < -0.39 is 5.97 Å². The normalized spacial score (nSPS) is 10.2. The van der Waals surface area contributed by atoms with Gasteiger partial charge in [0.2, 0.25) is 0 Å². The molecule has 0 aliphatic rings. The lowest BCUT2D eigenvalue weighted by Gasteiger charge is -2.06. The summed E-state index contributed by atoms with van der Waals surface area (Å²) in [6, 6.07) is 0. The van der Waals surface area contributed by atoms with Crippen LogP contribution in [0.4, 0.5) is 0 Å². The zero-order chi connectivity index (χ0) is 12.0. The minimum Gasteiger partial charge on any atom is -0.462 e. The van der Waals surface area contributed by atoms with Crippen molar-refractivity contribution in [2.24, 2.45) is 0 Å². The number of alkyl halides is 1. The third-order valence-corrected chi connectivity index (χ3v) is 2.27. The predicted octanol–water partition coefficient (Wildman–Crippen LogP) is 2.34. The highest BCUT2D eigenvalue weighted by Crippen LogP contribution is 2.11.